The third-order valence-corrected chi connectivity index (χ3v) is 4.60. The van der Waals surface area contributed by atoms with E-state index >= 15 is 0 Å². The summed E-state index contributed by atoms with van der Waals surface area (Å²) in [6.45, 7) is 4.03. The van der Waals surface area contributed by atoms with Gasteiger partial charge in [0.05, 0.1) is 5.69 Å². The Balaban J connectivity index is 2.16. The van der Waals surface area contributed by atoms with Crippen molar-refractivity contribution in [2.24, 2.45) is 0 Å². The summed E-state index contributed by atoms with van der Waals surface area (Å²) in [6, 6.07) is 9.56. The van der Waals surface area contributed by atoms with Gasteiger partial charge in [0, 0.05) is 23.5 Å². The summed E-state index contributed by atoms with van der Waals surface area (Å²) in [5.41, 5.74) is 4.45. The molecule has 1 aromatic carbocycles. The first-order chi connectivity index (χ1) is 10.6. The lowest BCUT2D eigenvalue weighted by Gasteiger charge is -2.03. The van der Waals surface area contributed by atoms with E-state index in [1.807, 2.05) is 44.2 Å². The molecular weight excluding hydrogens is 296 g/mol. The van der Waals surface area contributed by atoms with Gasteiger partial charge in [0.15, 0.2) is 0 Å². The van der Waals surface area contributed by atoms with Gasteiger partial charge in [0.2, 0.25) is 0 Å². The van der Waals surface area contributed by atoms with Crippen molar-refractivity contribution in [2.45, 2.75) is 13.8 Å². The minimum Gasteiger partial charge on any atom is -0.477 e. The lowest BCUT2D eigenvalue weighted by atomic mass is 10.0. The van der Waals surface area contributed by atoms with Crippen molar-refractivity contribution in [1.82, 2.24) is 9.97 Å². The summed E-state index contributed by atoms with van der Waals surface area (Å²) in [5, 5.41) is 10.1. The molecule has 0 aliphatic heterocycles. The van der Waals surface area contributed by atoms with E-state index in [1.54, 1.807) is 12.4 Å². The largest absolute Gasteiger partial charge is 0.477 e. The first-order valence-corrected chi connectivity index (χ1v) is 7.60. The zero-order chi connectivity index (χ0) is 15.7. The van der Waals surface area contributed by atoms with Gasteiger partial charge in [0.1, 0.15) is 9.88 Å². The lowest BCUT2D eigenvalue weighted by molar-refractivity contribution is 0.0702. The Kier molecular flexibility index (Phi) is 3.73. The van der Waals surface area contributed by atoms with Crippen LogP contribution in [-0.4, -0.2) is 21.0 Å². The molecule has 0 saturated carbocycles. The molecule has 0 atom stereocenters. The Bertz CT molecular complexity index is 841. The summed E-state index contributed by atoms with van der Waals surface area (Å²) in [5.74, 6) is -0.958. The second kappa shape index (κ2) is 5.69. The number of thiazole rings is 1. The summed E-state index contributed by atoms with van der Waals surface area (Å²) < 4.78 is 0. The maximum absolute atomic E-state index is 11.5. The summed E-state index contributed by atoms with van der Waals surface area (Å²) in [6.07, 6.45) is 3.37. The first-order valence-electron chi connectivity index (χ1n) is 6.78. The monoisotopic (exact) mass is 310 g/mol. The van der Waals surface area contributed by atoms with Crippen LogP contribution in [0, 0.1) is 13.8 Å². The van der Waals surface area contributed by atoms with E-state index in [-0.39, 0.29) is 4.88 Å². The fourth-order valence-electron chi connectivity index (χ4n) is 2.16. The molecule has 0 amide bonds. The van der Waals surface area contributed by atoms with Gasteiger partial charge in [-0.25, -0.2) is 9.78 Å². The molecule has 1 N–H and O–H groups in total. The maximum atomic E-state index is 11.5. The first kappa shape index (κ1) is 14.4. The highest BCUT2D eigenvalue weighted by Gasteiger charge is 2.19. The molecule has 0 saturated heterocycles. The SMILES string of the molecule is Cc1ccc(-c2nc(-c3cccnc3)sc2C(=O)O)cc1C. The van der Waals surface area contributed by atoms with Crippen LogP contribution in [0.25, 0.3) is 21.8 Å². The highest BCUT2D eigenvalue weighted by atomic mass is 32.1. The number of carbonyl (C=O) groups is 1. The van der Waals surface area contributed by atoms with Crippen LogP contribution in [0.4, 0.5) is 0 Å². The summed E-state index contributed by atoms with van der Waals surface area (Å²) in [7, 11) is 0. The Hall–Kier alpha value is -2.53. The Morgan fingerprint density at radius 3 is 2.59 bits per heavy atom. The number of hydrogen-bond donors (Lipinski definition) is 1. The number of carboxylic acids is 1. The molecule has 0 unspecified atom stereocenters. The van der Waals surface area contributed by atoms with Gasteiger partial charge in [-0.2, -0.15) is 0 Å². The van der Waals surface area contributed by atoms with Gasteiger partial charge in [-0.1, -0.05) is 12.1 Å². The smallest absolute Gasteiger partial charge is 0.348 e. The third-order valence-electron chi connectivity index (χ3n) is 3.51. The fraction of sp³-hybridized carbons (Fsp3) is 0.118. The molecular formula is C17H14N2O2S. The molecule has 3 aromatic rings. The third kappa shape index (κ3) is 2.63. The van der Waals surface area contributed by atoms with E-state index in [1.165, 1.54) is 16.9 Å². The predicted molar refractivity (Wildman–Crippen MR) is 87.2 cm³/mol. The van der Waals surface area contributed by atoms with Crippen LogP contribution >= 0.6 is 11.3 Å². The Morgan fingerprint density at radius 2 is 1.95 bits per heavy atom. The van der Waals surface area contributed by atoms with Crippen molar-refractivity contribution in [2.75, 3.05) is 0 Å². The predicted octanol–water partition coefficient (Wildman–Crippen LogP) is 4.19. The van der Waals surface area contributed by atoms with Gasteiger partial charge in [-0.15, -0.1) is 11.3 Å². The van der Waals surface area contributed by atoms with Crippen LogP contribution in [-0.2, 0) is 0 Å². The number of pyridine rings is 1. The van der Waals surface area contributed by atoms with E-state index in [0.29, 0.717) is 10.7 Å². The zero-order valence-electron chi connectivity index (χ0n) is 12.2. The number of rotatable bonds is 3. The molecule has 5 heteroatoms. The molecule has 0 aliphatic rings. The van der Waals surface area contributed by atoms with Crippen molar-refractivity contribution in [3.8, 4) is 21.8 Å². The quantitative estimate of drug-likeness (QED) is 0.788. The average Bonchev–Trinajstić information content (AvgIpc) is 2.96. The van der Waals surface area contributed by atoms with Crippen molar-refractivity contribution in [3.63, 3.8) is 0 Å². The normalized spacial score (nSPS) is 10.6. The number of aryl methyl sites for hydroxylation is 2. The fourth-order valence-corrected chi connectivity index (χ4v) is 3.08. The zero-order valence-corrected chi connectivity index (χ0v) is 13.0. The van der Waals surface area contributed by atoms with Gasteiger partial charge in [-0.3, -0.25) is 4.98 Å². The van der Waals surface area contributed by atoms with E-state index < -0.39 is 5.97 Å². The molecule has 2 aromatic heterocycles. The van der Waals surface area contributed by atoms with Crippen molar-refractivity contribution in [3.05, 3.63) is 58.7 Å². The van der Waals surface area contributed by atoms with Crippen LogP contribution in [0.15, 0.2) is 42.7 Å². The maximum Gasteiger partial charge on any atom is 0.348 e. The molecule has 0 spiro atoms. The van der Waals surface area contributed by atoms with E-state index in [0.717, 1.165) is 16.7 Å². The van der Waals surface area contributed by atoms with E-state index in [4.69, 9.17) is 0 Å². The lowest BCUT2D eigenvalue weighted by Crippen LogP contribution is -1.96. The minimum absolute atomic E-state index is 0.252. The van der Waals surface area contributed by atoms with Crippen LogP contribution < -0.4 is 0 Å². The molecule has 0 bridgehead atoms. The van der Waals surface area contributed by atoms with Crippen LogP contribution in [0.5, 0.6) is 0 Å². The topological polar surface area (TPSA) is 63.1 Å². The summed E-state index contributed by atoms with van der Waals surface area (Å²) in [4.78, 5) is 20.4. The Morgan fingerprint density at radius 1 is 1.14 bits per heavy atom. The number of aromatic nitrogens is 2. The van der Waals surface area contributed by atoms with Gasteiger partial charge < -0.3 is 5.11 Å². The molecule has 4 nitrogen and oxygen atoms in total. The minimum atomic E-state index is -0.958. The van der Waals surface area contributed by atoms with E-state index in [9.17, 15) is 9.90 Å². The number of nitrogens with zero attached hydrogens (tertiary/aromatic N) is 2. The molecule has 3 rings (SSSR count). The van der Waals surface area contributed by atoms with Crippen LogP contribution in [0.2, 0.25) is 0 Å². The van der Waals surface area contributed by atoms with Crippen molar-refractivity contribution >= 4 is 17.3 Å². The second-order valence-corrected chi connectivity index (χ2v) is 6.04. The van der Waals surface area contributed by atoms with Gasteiger partial charge in [0.25, 0.3) is 0 Å². The number of hydrogen-bond acceptors (Lipinski definition) is 4. The van der Waals surface area contributed by atoms with Crippen molar-refractivity contribution < 1.29 is 9.90 Å². The highest BCUT2D eigenvalue weighted by molar-refractivity contribution is 7.17. The van der Waals surface area contributed by atoms with Gasteiger partial charge >= 0.3 is 5.97 Å². The average molecular weight is 310 g/mol. The second-order valence-electron chi connectivity index (χ2n) is 5.04. The van der Waals surface area contributed by atoms with Crippen LogP contribution in [0.1, 0.15) is 20.8 Å². The van der Waals surface area contributed by atoms with Gasteiger partial charge in [-0.05, 0) is 43.2 Å². The molecule has 22 heavy (non-hydrogen) atoms. The van der Waals surface area contributed by atoms with Crippen molar-refractivity contribution in [1.29, 1.82) is 0 Å². The van der Waals surface area contributed by atoms with Crippen LogP contribution in [0.3, 0.4) is 0 Å². The molecule has 0 radical (unpaired) electrons. The number of carboxylic acid groups (broad SMARTS) is 1. The molecule has 0 aliphatic carbocycles. The number of aromatic carboxylic acids is 1. The standard InChI is InChI=1S/C17H14N2O2S/c1-10-5-6-12(8-11(10)2)14-15(17(20)21)22-16(19-14)13-4-3-7-18-9-13/h3-9H,1-2H3,(H,20,21). The molecule has 110 valence electrons. The molecule has 0 fully saturated rings. The Labute approximate surface area is 132 Å². The highest BCUT2D eigenvalue weighted by Crippen LogP contribution is 2.34. The summed E-state index contributed by atoms with van der Waals surface area (Å²) >= 11 is 1.17. The molecule has 2 heterocycles. The van der Waals surface area contributed by atoms with E-state index in [2.05, 4.69) is 9.97 Å². The number of benzene rings is 1.